The van der Waals surface area contributed by atoms with Crippen molar-refractivity contribution in [2.24, 2.45) is 0 Å². The number of sulfonamides is 2. The Morgan fingerprint density at radius 3 is 1.48 bits per heavy atom. The van der Waals surface area contributed by atoms with Crippen LogP contribution >= 0.6 is 0 Å². The second-order valence-electron chi connectivity index (χ2n) is 5.38. The fourth-order valence-corrected chi connectivity index (χ4v) is 3.60. The quantitative estimate of drug-likeness (QED) is 0.510. The summed E-state index contributed by atoms with van der Waals surface area (Å²) in [6, 6.07) is 0. The van der Waals surface area contributed by atoms with Crippen LogP contribution in [0.15, 0.2) is 0 Å². The zero-order valence-corrected chi connectivity index (χ0v) is 15.1. The van der Waals surface area contributed by atoms with Crippen molar-refractivity contribution in [1.82, 2.24) is 0 Å². The minimum atomic E-state index is -6.72. The summed E-state index contributed by atoms with van der Waals surface area (Å²) in [5.74, 6) is 0. The maximum absolute atomic E-state index is 11.4. The first kappa shape index (κ1) is 24.4. The largest absolute Gasteiger partial charge is 0.480 e. The average Bonchev–Trinajstić information content (AvgIpc) is 2.83. The van der Waals surface area contributed by atoms with Crippen LogP contribution in [-0.4, -0.2) is 65.8 Å². The molecule has 0 spiro atoms. The van der Waals surface area contributed by atoms with Gasteiger partial charge in [0.1, 0.15) is 0 Å². The van der Waals surface area contributed by atoms with Crippen LogP contribution in [0.4, 0.5) is 26.3 Å². The highest BCUT2D eigenvalue weighted by Gasteiger charge is 2.46. The molecule has 152 valence electrons. The van der Waals surface area contributed by atoms with Gasteiger partial charge in [0.25, 0.3) is 0 Å². The molecule has 15 heteroatoms. The van der Waals surface area contributed by atoms with Crippen LogP contribution in [0.5, 0.6) is 0 Å². The van der Waals surface area contributed by atoms with Crippen LogP contribution in [0.25, 0.3) is 4.13 Å². The second kappa shape index (κ2) is 7.94. The van der Waals surface area contributed by atoms with Crippen molar-refractivity contribution < 1.29 is 52.4 Å². The summed E-state index contributed by atoms with van der Waals surface area (Å²) >= 11 is 0. The molecule has 1 saturated heterocycles. The van der Waals surface area contributed by atoms with Crippen LogP contribution in [0.1, 0.15) is 19.8 Å². The first-order chi connectivity index (χ1) is 10.9. The highest BCUT2D eigenvalue weighted by molar-refractivity contribution is 8.13. The van der Waals surface area contributed by atoms with Gasteiger partial charge in [-0.2, -0.15) is 26.3 Å². The Morgan fingerprint density at radius 2 is 1.24 bits per heavy atom. The van der Waals surface area contributed by atoms with Gasteiger partial charge in [0.05, 0.1) is 20.1 Å². The molecule has 0 aromatic heterocycles. The molecule has 1 aliphatic heterocycles. The summed E-state index contributed by atoms with van der Waals surface area (Å²) in [4.78, 5) is 0. The molecule has 0 bridgehead atoms. The number of hydrogen-bond acceptors (Lipinski definition) is 5. The van der Waals surface area contributed by atoms with E-state index in [0.29, 0.717) is 6.23 Å². The van der Waals surface area contributed by atoms with Gasteiger partial charge in [-0.25, -0.2) is 16.8 Å². The average molecular weight is 424 g/mol. The molecule has 0 aliphatic carbocycles. The molecule has 0 amide bonds. The van der Waals surface area contributed by atoms with E-state index in [4.69, 9.17) is 4.74 Å². The van der Waals surface area contributed by atoms with Crippen molar-refractivity contribution in [3.8, 4) is 0 Å². The van der Waals surface area contributed by atoms with Crippen LogP contribution in [0, 0.1) is 0 Å². The van der Waals surface area contributed by atoms with Crippen LogP contribution < -0.4 is 0 Å². The van der Waals surface area contributed by atoms with E-state index in [0.717, 1.165) is 8.61 Å². The van der Waals surface area contributed by atoms with Gasteiger partial charge in [0, 0.05) is 26.9 Å². The molecule has 1 atom stereocenters. The molecule has 25 heavy (non-hydrogen) atoms. The number of hydrogen-bond donors (Lipinski definition) is 0. The zero-order valence-electron chi connectivity index (χ0n) is 13.4. The maximum atomic E-state index is 11.4. The molecule has 0 aromatic rings. The highest BCUT2D eigenvalue weighted by Crippen LogP contribution is 2.36. The van der Waals surface area contributed by atoms with Crippen molar-refractivity contribution >= 4 is 20.0 Å². The predicted molar refractivity (Wildman–Crippen MR) is 74.9 cm³/mol. The maximum Gasteiger partial charge on any atom is 0.480 e. The monoisotopic (exact) mass is 424 g/mol. The third-order valence-electron chi connectivity index (χ3n) is 3.59. The molecule has 0 N–H and O–H groups in total. The summed E-state index contributed by atoms with van der Waals surface area (Å²) in [7, 11) is -9.37. The fourth-order valence-electron chi connectivity index (χ4n) is 1.89. The number of ether oxygens (including phenoxy) is 1. The number of halogens is 6. The summed E-state index contributed by atoms with van der Waals surface area (Å²) in [6.45, 7) is 4.73. The SMILES string of the molecule is COC(C)[N+]1(C)CCCC1.O=S(=O)([N-]S(=O)(=O)C(F)(F)F)C(F)(F)F. The number of methoxy groups -OCH3 is 1. The number of alkyl halides is 6. The molecular formula is C10H18F6N2O5S2. The topological polar surface area (TPSA) is 91.6 Å². The van der Waals surface area contributed by atoms with E-state index in [-0.39, 0.29) is 0 Å². The molecular weight excluding hydrogens is 406 g/mol. The first-order valence-corrected chi connectivity index (χ1v) is 9.51. The minimum absolute atomic E-state index is 0.377. The van der Waals surface area contributed by atoms with E-state index >= 15 is 0 Å². The molecule has 1 aliphatic rings. The van der Waals surface area contributed by atoms with Crippen LogP contribution in [0.3, 0.4) is 0 Å². The molecule has 1 heterocycles. The van der Waals surface area contributed by atoms with Gasteiger partial charge in [0.2, 0.25) is 0 Å². The summed E-state index contributed by atoms with van der Waals surface area (Å²) < 4.78 is 116. The zero-order chi connectivity index (χ0) is 20.3. The Kier molecular flexibility index (Phi) is 7.73. The van der Waals surface area contributed by atoms with E-state index < -0.39 is 31.1 Å². The third kappa shape index (κ3) is 6.54. The fraction of sp³-hybridized carbons (Fsp3) is 1.00. The Labute approximate surface area is 141 Å². The van der Waals surface area contributed by atoms with Gasteiger partial charge in [-0.1, -0.05) is 0 Å². The molecule has 7 nitrogen and oxygen atoms in total. The first-order valence-electron chi connectivity index (χ1n) is 6.63. The van der Waals surface area contributed by atoms with Crippen LogP contribution in [0.2, 0.25) is 0 Å². The number of quaternary nitrogens is 1. The van der Waals surface area contributed by atoms with Crippen molar-refractivity contribution in [1.29, 1.82) is 0 Å². The molecule has 0 saturated carbocycles. The van der Waals surface area contributed by atoms with Crippen molar-refractivity contribution in [3.63, 3.8) is 0 Å². The van der Waals surface area contributed by atoms with E-state index in [2.05, 4.69) is 14.0 Å². The molecule has 0 radical (unpaired) electrons. The second-order valence-corrected chi connectivity index (χ2v) is 8.81. The van der Waals surface area contributed by atoms with Gasteiger partial charge in [0.15, 0.2) is 26.3 Å². The summed E-state index contributed by atoms with van der Waals surface area (Å²) in [5.41, 5.74) is -12.4. The Hall–Kier alpha value is -0.640. The Balaban J connectivity index is 0.000000496. The predicted octanol–water partition coefficient (Wildman–Crippen LogP) is 2.28. The molecule has 1 fully saturated rings. The van der Waals surface area contributed by atoms with E-state index in [1.165, 1.54) is 25.9 Å². The normalized spacial score (nSPS) is 19.9. The smallest absolute Gasteiger partial charge is 0.421 e. The van der Waals surface area contributed by atoms with Gasteiger partial charge in [-0.3, -0.25) is 0 Å². The number of nitrogens with zero attached hydrogens (tertiary/aromatic N) is 2. The lowest BCUT2D eigenvalue weighted by atomic mass is 10.4. The van der Waals surface area contributed by atoms with Crippen LogP contribution in [-0.2, 0) is 24.8 Å². The summed E-state index contributed by atoms with van der Waals surface area (Å²) in [5, 5.41) is 0. The lowest BCUT2D eigenvalue weighted by Crippen LogP contribution is -2.49. The number of likely N-dealkylation sites (tertiary alicyclic amines) is 1. The van der Waals surface area contributed by atoms with E-state index in [9.17, 15) is 43.2 Å². The standard InChI is InChI=1S/C8H18NO.C2F6NO4S2/c1-8(10-3)9(2)6-4-5-7-9;3-1(4,5)14(10,11)9-15(12,13)2(6,7)8/h8H,4-7H2,1-3H3;/q+1;-1. The Bertz CT molecular complexity index is 596. The van der Waals surface area contributed by atoms with Crippen molar-refractivity contribution in [2.75, 3.05) is 27.2 Å². The number of rotatable bonds is 4. The van der Waals surface area contributed by atoms with Gasteiger partial charge in [-0.05, 0) is 0 Å². The molecule has 0 aromatic carbocycles. The third-order valence-corrected chi connectivity index (χ3v) is 6.33. The van der Waals surface area contributed by atoms with Gasteiger partial charge < -0.3 is 13.3 Å². The molecule has 1 rings (SSSR count). The minimum Gasteiger partial charge on any atom is -0.421 e. The lowest BCUT2D eigenvalue weighted by Gasteiger charge is -2.34. The highest BCUT2D eigenvalue weighted by atomic mass is 32.3. The van der Waals surface area contributed by atoms with Crippen molar-refractivity contribution in [2.45, 2.75) is 37.0 Å². The van der Waals surface area contributed by atoms with E-state index in [1.807, 2.05) is 0 Å². The lowest BCUT2D eigenvalue weighted by molar-refractivity contribution is -0.941. The molecule has 1 unspecified atom stereocenters. The van der Waals surface area contributed by atoms with Gasteiger partial charge in [-0.15, -0.1) is 0 Å². The summed E-state index contributed by atoms with van der Waals surface area (Å²) in [6.07, 6.45) is 3.11. The Morgan fingerprint density at radius 1 is 0.920 bits per heavy atom. The van der Waals surface area contributed by atoms with Gasteiger partial charge >= 0.3 is 11.0 Å². The van der Waals surface area contributed by atoms with Crippen molar-refractivity contribution in [3.05, 3.63) is 4.13 Å². The van der Waals surface area contributed by atoms with E-state index in [1.54, 1.807) is 7.11 Å².